The Morgan fingerprint density at radius 3 is 0.833 bits per heavy atom. The quantitative estimate of drug-likeness (QED) is 0.299. The third-order valence-electron chi connectivity index (χ3n) is 3.01. The Balaban J connectivity index is 0. The van der Waals surface area contributed by atoms with E-state index in [0.717, 1.165) is 0 Å². The standard InChI is InChI=1S/C8HF17O3S.Li/c9-1(10,3(13,14)5(17,18)7(21,22)23)2(11,12)4(15,16)6(19,20)8(24,25)29(26,27)28;/h(H,26,27,28);/q;+1/p-1. The van der Waals surface area contributed by atoms with Crippen LogP contribution in [-0.2, 0) is 10.1 Å². The van der Waals surface area contributed by atoms with E-state index in [0.29, 0.717) is 0 Å². The molecule has 0 aliphatic carbocycles. The van der Waals surface area contributed by atoms with E-state index in [2.05, 4.69) is 0 Å². The molecule has 0 aliphatic heterocycles. The Morgan fingerprint density at radius 1 is 0.433 bits per heavy atom. The zero-order chi connectivity index (χ0) is 24.5. The molecule has 0 aromatic carbocycles. The molecule has 30 heavy (non-hydrogen) atoms. The molecule has 0 N–H and O–H groups in total. The van der Waals surface area contributed by atoms with Crippen LogP contribution in [-0.4, -0.2) is 59.9 Å². The summed E-state index contributed by atoms with van der Waals surface area (Å²) in [5.74, 6) is -52.1. The summed E-state index contributed by atoms with van der Waals surface area (Å²) < 4.78 is 244. The van der Waals surface area contributed by atoms with Gasteiger partial charge < -0.3 is 4.55 Å². The summed E-state index contributed by atoms with van der Waals surface area (Å²) in [4.78, 5) is 0. The van der Waals surface area contributed by atoms with Gasteiger partial charge in [0.2, 0.25) is 0 Å². The minimum Gasteiger partial charge on any atom is -0.743 e. The minimum absolute atomic E-state index is 0. The second-order valence-corrected chi connectivity index (χ2v) is 6.34. The average molecular weight is 506 g/mol. The van der Waals surface area contributed by atoms with Crippen molar-refractivity contribution in [1.82, 2.24) is 0 Å². The van der Waals surface area contributed by atoms with Crippen molar-refractivity contribution in [1.29, 1.82) is 0 Å². The molecule has 0 saturated carbocycles. The predicted octanol–water partition coefficient (Wildman–Crippen LogP) is 1.50. The molecule has 0 spiro atoms. The maximum Gasteiger partial charge on any atom is 1.00 e. The molecule has 0 atom stereocenters. The Labute approximate surface area is 164 Å². The van der Waals surface area contributed by atoms with Crippen molar-refractivity contribution in [3.8, 4) is 0 Å². The number of alkyl halides is 17. The topological polar surface area (TPSA) is 57.2 Å². The van der Waals surface area contributed by atoms with Gasteiger partial charge >= 0.3 is 65.8 Å². The predicted molar refractivity (Wildman–Crippen MR) is 50.4 cm³/mol. The summed E-state index contributed by atoms with van der Waals surface area (Å²) >= 11 is 0. The van der Waals surface area contributed by atoms with Crippen molar-refractivity contribution in [3.05, 3.63) is 0 Å². The van der Waals surface area contributed by atoms with Gasteiger partial charge in [-0.1, -0.05) is 0 Å². The van der Waals surface area contributed by atoms with E-state index in [9.17, 15) is 87.6 Å². The van der Waals surface area contributed by atoms with Gasteiger partial charge in [0.15, 0.2) is 10.1 Å². The Kier molecular flexibility index (Phi) is 7.81. The van der Waals surface area contributed by atoms with Gasteiger partial charge in [0.1, 0.15) is 0 Å². The van der Waals surface area contributed by atoms with Gasteiger partial charge in [-0.25, -0.2) is 8.42 Å². The third kappa shape index (κ3) is 3.72. The van der Waals surface area contributed by atoms with Crippen LogP contribution in [0.2, 0.25) is 0 Å². The van der Waals surface area contributed by atoms with E-state index < -0.39 is 57.1 Å². The fourth-order valence-electron chi connectivity index (χ4n) is 1.31. The summed E-state index contributed by atoms with van der Waals surface area (Å²) in [6, 6.07) is 0. The summed E-state index contributed by atoms with van der Waals surface area (Å²) in [7, 11) is -8.14. The van der Waals surface area contributed by atoms with Gasteiger partial charge in [-0.05, 0) is 0 Å². The molecular formula is C8F17LiO3S. The number of rotatable bonds is 7. The van der Waals surface area contributed by atoms with Crippen molar-refractivity contribution in [2.45, 2.75) is 47.0 Å². The molecule has 0 rings (SSSR count). The normalized spacial score (nSPS) is 16.3. The van der Waals surface area contributed by atoms with Crippen LogP contribution in [0.4, 0.5) is 74.6 Å². The minimum atomic E-state index is -8.92. The largest absolute Gasteiger partial charge is 1.00 e. The second kappa shape index (κ2) is 7.43. The first kappa shape index (κ1) is 31.5. The van der Waals surface area contributed by atoms with E-state index in [1.165, 1.54) is 0 Å². The smallest absolute Gasteiger partial charge is 0.743 e. The van der Waals surface area contributed by atoms with Crippen LogP contribution >= 0.6 is 0 Å². The molecule has 0 bridgehead atoms. The molecule has 22 heteroatoms. The van der Waals surface area contributed by atoms with Crippen LogP contribution in [0.15, 0.2) is 0 Å². The second-order valence-electron chi connectivity index (χ2n) is 4.92. The van der Waals surface area contributed by atoms with E-state index in [1.54, 1.807) is 0 Å². The van der Waals surface area contributed by atoms with Crippen molar-refractivity contribution < 1.29 is 106 Å². The number of hydrogen-bond acceptors (Lipinski definition) is 3. The molecule has 0 aliphatic rings. The molecule has 0 aromatic rings. The first-order valence-electron chi connectivity index (χ1n) is 5.67. The first-order valence-corrected chi connectivity index (χ1v) is 7.08. The Bertz CT molecular complexity index is 739. The van der Waals surface area contributed by atoms with E-state index in [-0.39, 0.29) is 18.9 Å². The van der Waals surface area contributed by atoms with Gasteiger partial charge in [0, 0.05) is 0 Å². The summed E-state index contributed by atoms with van der Waals surface area (Å²) in [5, 5.41) is -7.95. The fraction of sp³-hybridized carbons (Fsp3) is 1.00. The van der Waals surface area contributed by atoms with Gasteiger partial charge in [-0.15, -0.1) is 0 Å². The molecule has 0 saturated heterocycles. The SMILES string of the molecule is O=S(=O)([O-])C(F)(F)C(F)(F)C(F)(F)C(F)(F)C(F)(F)C(F)(F)C(F)(F)C(F)(F)F.[Li+]. The Morgan fingerprint density at radius 2 is 0.633 bits per heavy atom. The molecule has 0 aromatic heterocycles. The van der Waals surface area contributed by atoms with Crippen molar-refractivity contribution in [2.75, 3.05) is 0 Å². The molecule has 0 unspecified atom stereocenters. The molecule has 0 radical (unpaired) electrons. The van der Waals surface area contributed by atoms with Gasteiger partial charge in [0.05, 0.1) is 0 Å². The van der Waals surface area contributed by atoms with E-state index in [4.69, 9.17) is 0 Å². The van der Waals surface area contributed by atoms with Crippen LogP contribution in [0.5, 0.6) is 0 Å². The maximum absolute atomic E-state index is 13.0. The summed E-state index contributed by atoms with van der Waals surface area (Å²) in [6.07, 6.45) is -7.89. The molecule has 3 nitrogen and oxygen atoms in total. The Hall–Kier alpha value is -0.683. The average Bonchev–Trinajstić information content (AvgIpc) is 2.43. The molecule has 176 valence electrons. The first-order chi connectivity index (χ1) is 12.0. The van der Waals surface area contributed by atoms with Crippen molar-refractivity contribution >= 4 is 10.1 Å². The van der Waals surface area contributed by atoms with Crippen LogP contribution in [0.1, 0.15) is 0 Å². The molecule has 0 heterocycles. The van der Waals surface area contributed by atoms with Gasteiger partial charge in [-0.3, -0.25) is 0 Å². The summed E-state index contributed by atoms with van der Waals surface area (Å²) in [5.41, 5.74) is 0. The molecule has 0 amide bonds. The van der Waals surface area contributed by atoms with Crippen LogP contribution in [0.3, 0.4) is 0 Å². The van der Waals surface area contributed by atoms with E-state index in [1.807, 2.05) is 0 Å². The molecule has 0 fully saturated rings. The van der Waals surface area contributed by atoms with E-state index >= 15 is 0 Å². The van der Waals surface area contributed by atoms with Crippen LogP contribution < -0.4 is 18.9 Å². The van der Waals surface area contributed by atoms with Crippen LogP contribution in [0, 0.1) is 0 Å². The van der Waals surface area contributed by atoms with Gasteiger partial charge in [-0.2, -0.15) is 74.6 Å². The monoisotopic (exact) mass is 506 g/mol. The van der Waals surface area contributed by atoms with Crippen LogP contribution in [0.25, 0.3) is 0 Å². The van der Waals surface area contributed by atoms with Crippen molar-refractivity contribution in [3.63, 3.8) is 0 Å². The maximum atomic E-state index is 13.0. The van der Waals surface area contributed by atoms with Crippen molar-refractivity contribution in [2.24, 2.45) is 0 Å². The number of halogens is 17. The summed E-state index contributed by atoms with van der Waals surface area (Å²) in [6.45, 7) is 0. The zero-order valence-corrected chi connectivity index (χ0v) is 13.9. The number of hydrogen-bond donors (Lipinski definition) is 0. The zero-order valence-electron chi connectivity index (χ0n) is 13.1. The fourth-order valence-corrected chi connectivity index (χ4v) is 1.75. The molecular weight excluding hydrogens is 506 g/mol. The van der Waals surface area contributed by atoms with Gasteiger partial charge in [0.25, 0.3) is 0 Å². The third-order valence-corrected chi connectivity index (χ3v) is 3.89.